The SMILES string of the molecule is CCCC/C=C\CCCCCC(O)C(=O)NC(CS(=O)(=O)O)C(O)/C=C/CCCCCCCC. The van der Waals surface area contributed by atoms with Crippen LogP contribution in [-0.2, 0) is 14.9 Å². The zero-order valence-electron chi connectivity index (χ0n) is 21.3. The molecule has 0 aromatic heterocycles. The van der Waals surface area contributed by atoms with Gasteiger partial charge in [-0.25, -0.2) is 0 Å². The van der Waals surface area contributed by atoms with E-state index in [0.29, 0.717) is 6.42 Å². The summed E-state index contributed by atoms with van der Waals surface area (Å²) in [5, 5.41) is 22.9. The molecular weight excluding hydrogens is 454 g/mol. The third-order valence-electron chi connectivity index (χ3n) is 5.73. The lowest BCUT2D eigenvalue weighted by atomic mass is 10.1. The quantitative estimate of drug-likeness (QED) is 0.0927. The van der Waals surface area contributed by atoms with E-state index in [0.717, 1.165) is 44.9 Å². The molecule has 3 atom stereocenters. The number of aliphatic hydroxyl groups excluding tert-OH is 2. The lowest BCUT2D eigenvalue weighted by Gasteiger charge is -2.22. The standard InChI is InChI=1S/C26H49NO6S/c1-3-5-7-9-11-13-15-17-19-21-25(29)26(30)27-23(22-34(31,32)33)24(28)20-18-16-14-12-10-8-6-4-2/h9,11,18,20,23-25,28-29H,3-8,10,12-17,19,21-22H2,1-2H3,(H,27,30)(H,31,32,33)/b11-9-,20-18+. The number of carbonyl (C=O) groups is 1. The molecule has 0 fully saturated rings. The Bertz CT molecular complexity index is 662. The van der Waals surface area contributed by atoms with Crippen molar-refractivity contribution in [2.24, 2.45) is 0 Å². The molecule has 7 nitrogen and oxygen atoms in total. The van der Waals surface area contributed by atoms with Crippen LogP contribution < -0.4 is 5.32 Å². The van der Waals surface area contributed by atoms with E-state index in [4.69, 9.17) is 0 Å². The van der Waals surface area contributed by atoms with E-state index in [1.807, 2.05) is 0 Å². The third kappa shape index (κ3) is 20.2. The predicted molar refractivity (Wildman–Crippen MR) is 139 cm³/mol. The van der Waals surface area contributed by atoms with E-state index in [1.54, 1.807) is 6.08 Å². The molecule has 0 saturated heterocycles. The van der Waals surface area contributed by atoms with Gasteiger partial charge in [-0.2, -0.15) is 8.42 Å². The van der Waals surface area contributed by atoms with Gasteiger partial charge in [-0.1, -0.05) is 95.9 Å². The largest absolute Gasteiger partial charge is 0.387 e. The Labute approximate surface area is 207 Å². The van der Waals surface area contributed by atoms with Crippen LogP contribution in [0, 0.1) is 0 Å². The van der Waals surface area contributed by atoms with Crippen molar-refractivity contribution in [3.63, 3.8) is 0 Å². The third-order valence-corrected chi connectivity index (χ3v) is 6.51. The average Bonchev–Trinajstić information content (AvgIpc) is 2.78. The van der Waals surface area contributed by atoms with Gasteiger partial charge in [-0.15, -0.1) is 0 Å². The van der Waals surface area contributed by atoms with Gasteiger partial charge in [0.2, 0.25) is 5.91 Å². The number of rotatable bonds is 22. The first kappa shape index (κ1) is 32.8. The molecule has 0 aliphatic heterocycles. The minimum atomic E-state index is -4.42. The van der Waals surface area contributed by atoms with Gasteiger partial charge >= 0.3 is 0 Å². The van der Waals surface area contributed by atoms with Crippen LogP contribution in [0.4, 0.5) is 0 Å². The number of hydrogen-bond donors (Lipinski definition) is 4. The van der Waals surface area contributed by atoms with Crippen LogP contribution in [0.5, 0.6) is 0 Å². The number of carbonyl (C=O) groups excluding carboxylic acids is 1. The Morgan fingerprint density at radius 2 is 1.32 bits per heavy atom. The second kappa shape index (κ2) is 21.1. The molecule has 0 spiro atoms. The van der Waals surface area contributed by atoms with Crippen molar-refractivity contribution in [2.45, 2.75) is 128 Å². The Morgan fingerprint density at radius 3 is 1.94 bits per heavy atom. The van der Waals surface area contributed by atoms with Crippen molar-refractivity contribution in [1.29, 1.82) is 0 Å². The summed E-state index contributed by atoms with van der Waals surface area (Å²) in [4.78, 5) is 12.3. The highest BCUT2D eigenvalue weighted by Gasteiger charge is 2.27. The lowest BCUT2D eigenvalue weighted by Crippen LogP contribution is -2.50. The van der Waals surface area contributed by atoms with Gasteiger partial charge in [0.15, 0.2) is 0 Å². The van der Waals surface area contributed by atoms with Crippen molar-refractivity contribution in [3.8, 4) is 0 Å². The van der Waals surface area contributed by atoms with Crippen molar-refractivity contribution in [2.75, 3.05) is 5.75 Å². The van der Waals surface area contributed by atoms with E-state index in [1.165, 1.54) is 44.6 Å². The maximum Gasteiger partial charge on any atom is 0.267 e. The van der Waals surface area contributed by atoms with Crippen LogP contribution in [0.15, 0.2) is 24.3 Å². The topological polar surface area (TPSA) is 124 Å². The number of amides is 1. The Hall–Kier alpha value is -1.22. The molecule has 200 valence electrons. The Balaban J connectivity index is 4.42. The van der Waals surface area contributed by atoms with Gasteiger partial charge in [0.1, 0.15) is 6.10 Å². The second-order valence-electron chi connectivity index (χ2n) is 9.11. The summed E-state index contributed by atoms with van der Waals surface area (Å²) in [7, 11) is -4.42. The zero-order valence-corrected chi connectivity index (χ0v) is 22.1. The van der Waals surface area contributed by atoms with Crippen LogP contribution in [-0.4, -0.2) is 53.1 Å². The number of nitrogens with one attached hydrogen (secondary N) is 1. The van der Waals surface area contributed by atoms with Gasteiger partial charge in [0.25, 0.3) is 10.1 Å². The molecular formula is C26H49NO6S. The molecule has 4 N–H and O–H groups in total. The maximum absolute atomic E-state index is 12.3. The average molecular weight is 504 g/mol. The number of aliphatic hydroxyl groups is 2. The molecule has 0 heterocycles. The fraction of sp³-hybridized carbons (Fsp3) is 0.808. The fourth-order valence-corrected chi connectivity index (χ4v) is 4.34. The monoisotopic (exact) mass is 503 g/mol. The fourth-order valence-electron chi connectivity index (χ4n) is 3.61. The van der Waals surface area contributed by atoms with Crippen molar-refractivity contribution in [3.05, 3.63) is 24.3 Å². The van der Waals surface area contributed by atoms with Crippen LogP contribution in [0.1, 0.15) is 110 Å². The molecule has 0 aliphatic rings. The van der Waals surface area contributed by atoms with E-state index in [-0.39, 0.29) is 6.42 Å². The molecule has 0 saturated carbocycles. The molecule has 0 rings (SSSR count). The summed E-state index contributed by atoms with van der Waals surface area (Å²) in [5.41, 5.74) is 0. The minimum absolute atomic E-state index is 0.258. The Morgan fingerprint density at radius 1 is 0.794 bits per heavy atom. The minimum Gasteiger partial charge on any atom is -0.387 e. The highest BCUT2D eigenvalue weighted by molar-refractivity contribution is 7.85. The Kier molecular flexibility index (Phi) is 20.3. The maximum atomic E-state index is 12.3. The summed E-state index contributed by atoms with van der Waals surface area (Å²) in [6, 6.07) is -1.23. The van der Waals surface area contributed by atoms with Crippen molar-refractivity contribution in [1.82, 2.24) is 5.32 Å². The summed E-state index contributed by atoms with van der Waals surface area (Å²) in [6.07, 6.45) is 19.8. The molecule has 0 aromatic rings. The smallest absolute Gasteiger partial charge is 0.267 e. The number of hydrogen-bond acceptors (Lipinski definition) is 5. The van der Waals surface area contributed by atoms with Gasteiger partial charge in [0.05, 0.1) is 17.9 Å². The zero-order chi connectivity index (χ0) is 25.7. The number of allylic oxidation sites excluding steroid dienone is 3. The van der Waals surface area contributed by atoms with Crippen molar-refractivity contribution >= 4 is 16.0 Å². The molecule has 8 heteroatoms. The van der Waals surface area contributed by atoms with E-state index in [2.05, 4.69) is 31.3 Å². The summed E-state index contributed by atoms with van der Waals surface area (Å²) >= 11 is 0. The summed E-state index contributed by atoms with van der Waals surface area (Å²) in [5.74, 6) is -1.56. The van der Waals surface area contributed by atoms with Crippen LogP contribution in [0.2, 0.25) is 0 Å². The summed E-state index contributed by atoms with van der Waals surface area (Å²) < 4.78 is 31.9. The molecule has 1 amide bonds. The van der Waals surface area contributed by atoms with E-state index < -0.39 is 40.0 Å². The first-order chi connectivity index (χ1) is 16.2. The molecule has 3 unspecified atom stereocenters. The molecule has 34 heavy (non-hydrogen) atoms. The second-order valence-corrected chi connectivity index (χ2v) is 10.6. The van der Waals surface area contributed by atoms with Gasteiger partial charge in [-0.3, -0.25) is 9.35 Å². The first-order valence-electron chi connectivity index (χ1n) is 13.1. The first-order valence-corrected chi connectivity index (χ1v) is 14.8. The van der Waals surface area contributed by atoms with E-state index in [9.17, 15) is 28.0 Å². The van der Waals surface area contributed by atoms with Gasteiger partial charge in [-0.05, 0) is 38.5 Å². The van der Waals surface area contributed by atoms with Crippen LogP contribution >= 0.6 is 0 Å². The number of unbranched alkanes of at least 4 members (excludes halogenated alkanes) is 11. The predicted octanol–water partition coefficient (Wildman–Crippen LogP) is 5.08. The molecule has 0 radical (unpaired) electrons. The molecule has 0 aromatic carbocycles. The van der Waals surface area contributed by atoms with E-state index >= 15 is 0 Å². The molecule has 0 aliphatic carbocycles. The van der Waals surface area contributed by atoms with Crippen molar-refractivity contribution < 1.29 is 28.0 Å². The summed E-state index contributed by atoms with van der Waals surface area (Å²) in [6.45, 7) is 4.33. The lowest BCUT2D eigenvalue weighted by molar-refractivity contribution is -0.130. The highest BCUT2D eigenvalue weighted by Crippen LogP contribution is 2.10. The van der Waals surface area contributed by atoms with Gasteiger partial charge < -0.3 is 15.5 Å². The molecule has 0 bridgehead atoms. The normalized spacial score (nSPS) is 15.1. The van der Waals surface area contributed by atoms with Crippen LogP contribution in [0.25, 0.3) is 0 Å². The van der Waals surface area contributed by atoms with Gasteiger partial charge in [0, 0.05) is 0 Å². The highest BCUT2D eigenvalue weighted by atomic mass is 32.2. The van der Waals surface area contributed by atoms with Crippen LogP contribution in [0.3, 0.4) is 0 Å².